The molecule has 4 rings (SSSR count). The second-order valence-corrected chi connectivity index (χ2v) is 25.5. The monoisotopic (exact) mass is 863 g/mol. The number of rotatable bonds is 30. The zero-order valence-electron chi connectivity index (χ0n) is 37.0. The Morgan fingerprint density at radius 1 is 0.667 bits per heavy atom. The molecule has 12 nitrogen and oxygen atoms in total. The summed E-state index contributed by atoms with van der Waals surface area (Å²) in [6.07, 6.45) is 4.16. The van der Waals surface area contributed by atoms with Gasteiger partial charge in [0.2, 0.25) is 0 Å². The first-order chi connectivity index (χ1) is 28.9. The van der Waals surface area contributed by atoms with E-state index >= 15 is 0 Å². The van der Waals surface area contributed by atoms with Crippen LogP contribution in [0.15, 0.2) is 77.9 Å². The van der Waals surface area contributed by atoms with E-state index in [4.69, 9.17) is 38.1 Å². The summed E-state index contributed by atoms with van der Waals surface area (Å²) in [5.41, 5.74) is 15.4. The van der Waals surface area contributed by atoms with Crippen LogP contribution in [0.25, 0.3) is 21.6 Å². The number of ketones is 1. The highest BCUT2D eigenvalue weighted by atomic mass is 28.4. The molecule has 0 unspecified atom stereocenters. The summed E-state index contributed by atoms with van der Waals surface area (Å²) >= 11 is 0. The molecule has 60 heavy (non-hydrogen) atoms. The number of fused-ring (bicyclic) bond motifs is 3. The lowest BCUT2D eigenvalue weighted by Gasteiger charge is -2.31. The molecule has 3 aromatic carbocycles. The Kier molecular flexibility index (Phi) is 24.3. The van der Waals surface area contributed by atoms with E-state index in [9.17, 15) is 9.59 Å². The normalized spacial score (nSPS) is 12.2. The molecule has 0 fully saturated rings. The smallest absolute Gasteiger partial charge is 0.305 e. The van der Waals surface area contributed by atoms with Crippen molar-refractivity contribution in [1.82, 2.24) is 0 Å². The van der Waals surface area contributed by atoms with Gasteiger partial charge in [-0.25, -0.2) is 0 Å². The van der Waals surface area contributed by atoms with Gasteiger partial charge in [0.05, 0.1) is 59.5 Å². The Labute approximate surface area is 360 Å². The van der Waals surface area contributed by atoms with Gasteiger partial charge in [-0.1, -0.05) is 89.9 Å². The van der Waals surface area contributed by atoms with E-state index in [1.165, 1.54) is 27.8 Å². The van der Waals surface area contributed by atoms with Gasteiger partial charge in [0.15, 0.2) is 16.6 Å². The number of hydrogen-bond donors (Lipinski definition) is 0. The number of hydrogen-bond acceptors (Lipinski definition) is 10. The minimum absolute atomic E-state index is 0.0857. The minimum atomic E-state index is -1.62. The van der Waals surface area contributed by atoms with Crippen molar-refractivity contribution in [2.45, 2.75) is 90.1 Å². The molecule has 330 valence electrons. The zero-order chi connectivity index (χ0) is 43.5. The number of aryl methyl sites for hydroxylation is 1. The van der Waals surface area contributed by atoms with Crippen LogP contribution in [0.4, 0.5) is 0 Å². The molecule has 0 radical (unpaired) electrons. The molecular weight excluding hydrogens is 795 g/mol. The highest BCUT2D eigenvalue weighted by Gasteiger charge is 2.30. The van der Waals surface area contributed by atoms with Crippen molar-refractivity contribution >= 4 is 28.4 Å². The van der Waals surface area contributed by atoms with Crippen molar-refractivity contribution in [3.05, 3.63) is 105 Å². The number of azide groups is 1. The molecule has 0 heterocycles. The highest BCUT2D eigenvalue weighted by molar-refractivity contribution is 6.84. The van der Waals surface area contributed by atoms with Crippen LogP contribution in [0.2, 0.25) is 38.8 Å². The van der Waals surface area contributed by atoms with E-state index in [0.29, 0.717) is 98.5 Å². The Morgan fingerprint density at radius 2 is 1.22 bits per heavy atom. The molecule has 3 aromatic rings. The van der Waals surface area contributed by atoms with E-state index < -0.39 is 16.6 Å². The van der Waals surface area contributed by atoms with Gasteiger partial charge < -0.3 is 32.5 Å². The Hall–Kier alpha value is -3.70. The lowest BCUT2D eigenvalue weighted by Crippen LogP contribution is -2.42. The van der Waals surface area contributed by atoms with Crippen LogP contribution in [-0.4, -0.2) is 108 Å². The van der Waals surface area contributed by atoms with E-state index in [-0.39, 0.29) is 17.7 Å². The van der Waals surface area contributed by atoms with Crippen LogP contribution in [0.3, 0.4) is 0 Å². The van der Waals surface area contributed by atoms with Gasteiger partial charge in [0, 0.05) is 43.2 Å². The minimum Gasteiger partial charge on any atom is -0.465 e. The van der Waals surface area contributed by atoms with Crippen molar-refractivity contribution in [3.8, 4) is 11.1 Å². The van der Waals surface area contributed by atoms with Crippen LogP contribution in [0.5, 0.6) is 0 Å². The summed E-state index contributed by atoms with van der Waals surface area (Å²) < 4.78 is 38.9. The van der Waals surface area contributed by atoms with Crippen LogP contribution in [-0.2, 0) is 48.5 Å². The number of carbonyl (C=O) groups excluding carboxylic acids is 2. The van der Waals surface area contributed by atoms with Crippen molar-refractivity contribution in [2.75, 3.05) is 79.2 Å². The molecule has 1 aliphatic rings. The van der Waals surface area contributed by atoms with Crippen LogP contribution >= 0.6 is 0 Å². The Bertz CT molecular complexity index is 1700. The molecule has 0 amide bonds. The van der Waals surface area contributed by atoms with Crippen molar-refractivity contribution < 1.29 is 42.1 Å². The molecule has 1 aliphatic carbocycles. The van der Waals surface area contributed by atoms with E-state index in [1.54, 1.807) is 0 Å². The first-order valence-electron chi connectivity index (χ1n) is 21.4. The van der Waals surface area contributed by atoms with Gasteiger partial charge in [-0.05, 0) is 91.9 Å². The van der Waals surface area contributed by atoms with Crippen LogP contribution in [0.1, 0.15) is 60.3 Å². The summed E-state index contributed by atoms with van der Waals surface area (Å²) in [6.45, 7) is 19.0. The number of nitrogens with zero attached hydrogens (tertiary/aromatic N) is 3. The van der Waals surface area contributed by atoms with E-state index in [2.05, 4.69) is 97.4 Å². The fourth-order valence-electron chi connectivity index (χ4n) is 7.03. The molecule has 0 N–H and O–H groups in total. The summed E-state index contributed by atoms with van der Waals surface area (Å²) in [5, 5.41) is 3.36. The number of esters is 1. The van der Waals surface area contributed by atoms with Gasteiger partial charge in [-0.15, -0.1) is 0 Å². The lowest BCUT2D eigenvalue weighted by molar-refractivity contribution is -0.144. The number of unbranched alkanes of at least 4 members (excludes halogenated alkanes) is 1. The molecule has 14 heteroatoms. The third kappa shape index (κ3) is 21.7. The van der Waals surface area contributed by atoms with Gasteiger partial charge in [0.25, 0.3) is 0 Å². The second-order valence-electron chi connectivity index (χ2n) is 16.4. The van der Waals surface area contributed by atoms with Gasteiger partial charge in [-0.3, -0.25) is 9.59 Å². The van der Waals surface area contributed by atoms with Crippen LogP contribution in [0, 0.1) is 6.92 Å². The maximum atomic E-state index is 12.3. The predicted octanol–water partition coefficient (Wildman–Crippen LogP) is 9.85. The molecule has 0 saturated heterocycles. The molecule has 0 aromatic heterocycles. The Morgan fingerprint density at radius 3 is 1.77 bits per heavy atom. The first kappa shape index (κ1) is 50.7. The summed E-state index contributed by atoms with van der Waals surface area (Å²) in [7, 11) is -3.11. The lowest BCUT2D eigenvalue weighted by atomic mass is 9.98. The quantitative estimate of drug-likeness (QED) is 0.0160. The molecule has 0 spiro atoms. The maximum absolute atomic E-state index is 12.3. The Balaban J connectivity index is 0.000000321. The third-order valence-electron chi connectivity index (χ3n) is 9.48. The molecular formula is C46H69N3O9Si2. The van der Waals surface area contributed by atoms with Gasteiger partial charge in [0.1, 0.15) is 12.4 Å². The average Bonchev–Trinajstić information content (AvgIpc) is 3.52. The van der Waals surface area contributed by atoms with Gasteiger partial charge >= 0.3 is 5.97 Å². The molecule has 0 saturated carbocycles. The predicted molar refractivity (Wildman–Crippen MR) is 242 cm³/mol. The maximum Gasteiger partial charge on any atom is 0.305 e. The molecule has 0 aliphatic heterocycles. The van der Waals surface area contributed by atoms with E-state index in [0.717, 1.165) is 30.9 Å². The van der Waals surface area contributed by atoms with Gasteiger partial charge in [-0.2, -0.15) is 0 Å². The molecule has 0 atom stereocenters. The van der Waals surface area contributed by atoms with Crippen molar-refractivity contribution in [1.29, 1.82) is 0 Å². The average molecular weight is 864 g/mol. The summed E-state index contributed by atoms with van der Waals surface area (Å²) in [5.74, 6) is 0.296. The fourth-order valence-corrected chi connectivity index (χ4v) is 15.2. The third-order valence-corrected chi connectivity index (χ3v) is 15.7. The zero-order valence-corrected chi connectivity index (χ0v) is 39.0. The SMILES string of the molecule is C[Si](C)(C)O[Si](C)(C)CCCCC(=O)OCC1c2ccccc2-c2ccccc21.Cc1cccc(CC(=O)CCCOCCOCCOCCOCCOCCN=[N+]=[N-])c1. The van der Waals surface area contributed by atoms with E-state index in [1.807, 2.05) is 25.1 Å². The molecule has 0 bridgehead atoms. The first-order valence-corrected chi connectivity index (χ1v) is 27.9. The number of ether oxygens (including phenoxy) is 6. The topological polar surface area (TPSA) is 148 Å². The largest absolute Gasteiger partial charge is 0.465 e. The summed E-state index contributed by atoms with van der Waals surface area (Å²) in [4.78, 5) is 27.0. The van der Waals surface area contributed by atoms with Crippen molar-refractivity contribution in [2.24, 2.45) is 5.11 Å². The van der Waals surface area contributed by atoms with Crippen molar-refractivity contribution in [3.63, 3.8) is 0 Å². The number of Topliss-reactive ketones (excluding diaryl/α,β-unsaturated/α-hetero) is 1. The highest BCUT2D eigenvalue weighted by Crippen LogP contribution is 2.44. The standard InChI is InChI=1S/C24H34O3Si2.C22H35N3O6/c1-28(2,3)27-29(4,5)17-11-10-16-24(25)26-18-23-21-14-8-6-12-19(21)20-13-7-9-15-22(20)23;1-20-4-2-5-21(18-20)19-22(26)6-3-8-27-10-12-29-14-16-31-17-15-30-13-11-28-9-7-24-25-23/h6-9,12-15,23H,10-11,16-18H2,1-5H3;2,4-5,18H,3,6-17,19H2,1H3. The number of carbonyl (C=O) groups is 2. The second kappa shape index (κ2) is 28.8. The number of benzene rings is 3. The van der Waals surface area contributed by atoms with Crippen LogP contribution < -0.4 is 0 Å². The fraction of sp³-hybridized carbons (Fsp3) is 0.565. The summed E-state index contributed by atoms with van der Waals surface area (Å²) in [6, 6.07) is 26.0.